The summed E-state index contributed by atoms with van der Waals surface area (Å²) >= 11 is 0. The smallest absolute Gasteiger partial charge is 0.227 e. The SMILES string of the molecule is Cc1noc(C)c1CC(=O)N1CC(S(=O)(=O)N2CCC(c3cnc4occc4c3)CC2)C1. The van der Waals surface area contributed by atoms with Gasteiger partial charge in [-0.15, -0.1) is 0 Å². The Balaban J connectivity index is 1.16. The van der Waals surface area contributed by atoms with Gasteiger partial charge in [0.2, 0.25) is 21.6 Å². The third kappa shape index (κ3) is 3.71. The van der Waals surface area contributed by atoms with Crippen molar-refractivity contribution in [2.75, 3.05) is 26.2 Å². The molecule has 2 saturated heterocycles. The van der Waals surface area contributed by atoms with E-state index in [-0.39, 0.29) is 31.3 Å². The molecule has 0 radical (unpaired) electrons. The number of hydrogen-bond acceptors (Lipinski definition) is 7. The summed E-state index contributed by atoms with van der Waals surface area (Å²) in [6.45, 7) is 5.03. The van der Waals surface area contributed by atoms with Crippen LogP contribution in [0, 0.1) is 13.8 Å². The molecule has 2 aliphatic rings. The fourth-order valence-electron chi connectivity index (χ4n) is 4.60. The zero-order chi connectivity index (χ0) is 22.5. The number of carbonyl (C=O) groups is 1. The number of furan rings is 1. The van der Waals surface area contributed by atoms with E-state index in [0.717, 1.165) is 29.4 Å². The maximum absolute atomic E-state index is 13.1. The highest BCUT2D eigenvalue weighted by Crippen LogP contribution is 2.32. The highest BCUT2D eigenvalue weighted by molar-refractivity contribution is 7.89. The van der Waals surface area contributed by atoms with Gasteiger partial charge in [0, 0.05) is 43.3 Å². The zero-order valence-electron chi connectivity index (χ0n) is 18.2. The fourth-order valence-corrected chi connectivity index (χ4v) is 6.48. The lowest BCUT2D eigenvalue weighted by molar-refractivity contribution is -0.133. The number of likely N-dealkylation sites (tertiary alicyclic amines) is 1. The summed E-state index contributed by atoms with van der Waals surface area (Å²) in [4.78, 5) is 18.5. The highest BCUT2D eigenvalue weighted by atomic mass is 32.2. The van der Waals surface area contributed by atoms with Crippen molar-refractivity contribution in [2.45, 2.75) is 44.3 Å². The van der Waals surface area contributed by atoms with Crippen LogP contribution in [-0.4, -0.2) is 65.1 Å². The predicted molar refractivity (Wildman–Crippen MR) is 117 cm³/mol. The van der Waals surface area contributed by atoms with E-state index in [1.165, 1.54) is 0 Å². The maximum atomic E-state index is 13.1. The average Bonchev–Trinajstić information content (AvgIpc) is 3.34. The molecular weight excluding hydrogens is 432 g/mol. The Bertz CT molecular complexity index is 1230. The molecule has 5 heterocycles. The van der Waals surface area contributed by atoms with Gasteiger partial charge in [-0.25, -0.2) is 17.7 Å². The van der Waals surface area contributed by atoms with Gasteiger partial charge in [-0.1, -0.05) is 5.16 Å². The van der Waals surface area contributed by atoms with Gasteiger partial charge in [0.25, 0.3) is 0 Å². The first kappa shape index (κ1) is 21.1. The normalized spacial score (nSPS) is 18.9. The summed E-state index contributed by atoms with van der Waals surface area (Å²) in [6.07, 6.45) is 5.15. The minimum Gasteiger partial charge on any atom is -0.446 e. The van der Waals surface area contributed by atoms with Gasteiger partial charge in [-0.05, 0) is 50.3 Å². The van der Waals surface area contributed by atoms with E-state index >= 15 is 0 Å². The Hall–Kier alpha value is -2.72. The van der Waals surface area contributed by atoms with Crippen LogP contribution in [0.15, 0.2) is 33.5 Å². The van der Waals surface area contributed by atoms with Crippen molar-refractivity contribution in [1.82, 2.24) is 19.3 Å². The summed E-state index contributed by atoms with van der Waals surface area (Å²) in [5.41, 5.74) is 3.22. The molecule has 0 spiro atoms. The van der Waals surface area contributed by atoms with Crippen LogP contribution >= 0.6 is 0 Å². The Morgan fingerprint density at radius 1 is 1.22 bits per heavy atom. The third-order valence-corrected chi connectivity index (χ3v) is 8.97. The van der Waals surface area contributed by atoms with Crippen molar-refractivity contribution in [2.24, 2.45) is 0 Å². The summed E-state index contributed by atoms with van der Waals surface area (Å²) in [7, 11) is -3.42. The van der Waals surface area contributed by atoms with Crippen LogP contribution in [0.4, 0.5) is 0 Å². The molecule has 32 heavy (non-hydrogen) atoms. The topological polar surface area (TPSA) is 110 Å². The first-order valence-corrected chi connectivity index (χ1v) is 12.3. The Morgan fingerprint density at radius 2 is 1.97 bits per heavy atom. The molecule has 1 amide bonds. The van der Waals surface area contributed by atoms with Crippen molar-refractivity contribution >= 4 is 27.0 Å². The van der Waals surface area contributed by atoms with Crippen molar-refractivity contribution in [3.8, 4) is 0 Å². The second-order valence-electron chi connectivity index (χ2n) is 8.70. The van der Waals surface area contributed by atoms with Crippen LogP contribution in [0.2, 0.25) is 0 Å². The minimum atomic E-state index is -3.42. The number of hydrogen-bond donors (Lipinski definition) is 0. The number of pyridine rings is 1. The molecule has 2 fully saturated rings. The van der Waals surface area contributed by atoms with Crippen LogP contribution in [0.25, 0.3) is 11.1 Å². The zero-order valence-corrected chi connectivity index (χ0v) is 19.0. The summed E-state index contributed by atoms with van der Waals surface area (Å²) < 4.78 is 38.2. The van der Waals surface area contributed by atoms with Crippen LogP contribution in [0.1, 0.15) is 41.3 Å². The van der Waals surface area contributed by atoms with Crippen LogP contribution < -0.4 is 0 Å². The van der Waals surface area contributed by atoms with Crippen molar-refractivity contribution in [1.29, 1.82) is 0 Å². The first-order valence-electron chi connectivity index (χ1n) is 10.8. The molecule has 0 aromatic carbocycles. The van der Waals surface area contributed by atoms with Gasteiger partial charge in [-0.2, -0.15) is 0 Å². The number of fused-ring (bicyclic) bond motifs is 1. The van der Waals surface area contributed by atoms with E-state index in [1.54, 1.807) is 29.3 Å². The summed E-state index contributed by atoms with van der Waals surface area (Å²) in [5.74, 6) is 0.819. The number of rotatable bonds is 5. The molecule has 9 nitrogen and oxygen atoms in total. The average molecular weight is 459 g/mol. The lowest BCUT2D eigenvalue weighted by atomic mass is 9.91. The van der Waals surface area contributed by atoms with Crippen molar-refractivity contribution in [3.63, 3.8) is 0 Å². The van der Waals surface area contributed by atoms with Gasteiger partial charge in [-0.3, -0.25) is 4.79 Å². The molecule has 170 valence electrons. The van der Waals surface area contributed by atoms with Gasteiger partial charge in [0.1, 0.15) is 11.0 Å². The molecule has 0 bridgehead atoms. The molecule has 5 rings (SSSR count). The number of aryl methyl sites for hydroxylation is 2. The van der Waals surface area contributed by atoms with Crippen LogP contribution in [0.5, 0.6) is 0 Å². The molecule has 10 heteroatoms. The highest BCUT2D eigenvalue weighted by Gasteiger charge is 2.43. The second-order valence-corrected chi connectivity index (χ2v) is 10.9. The molecular formula is C22H26N4O5S. The number of nitrogens with zero attached hydrogens (tertiary/aromatic N) is 4. The molecule has 2 aliphatic heterocycles. The Morgan fingerprint density at radius 3 is 2.66 bits per heavy atom. The molecule has 0 aliphatic carbocycles. The molecule has 0 atom stereocenters. The van der Waals surface area contributed by atoms with Gasteiger partial charge < -0.3 is 13.8 Å². The summed E-state index contributed by atoms with van der Waals surface area (Å²) in [6, 6.07) is 3.97. The van der Waals surface area contributed by atoms with E-state index in [4.69, 9.17) is 8.94 Å². The number of piperidine rings is 1. The lowest BCUT2D eigenvalue weighted by Crippen LogP contribution is -2.60. The molecule has 0 N–H and O–H groups in total. The number of aromatic nitrogens is 2. The van der Waals surface area contributed by atoms with E-state index in [9.17, 15) is 13.2 Å². The summed E-state index contributed by atoms with van der Waals surface area (Å²) in [5, 5.41) is 4.31. The standard InChI is InChI=1S/C22H26N4O5S/c1-14-20(15(2)31-24-14)10-21(27)25-12-19(13-25)32(28,29)26-6-3-16(4-7-26)18-9-17-5-8-30-22(17)23-11-18/h5,8-9,11,16,19H,3-4,6-7,10,12-13H2,1-2H3. The molecule has 0 saturated carbocycles. The predicted octanol–water partition coefficient (Wildman–Crippen LogP) is 2.40. The van der Waals surface area contributed by atoms with E-state index < -0.39 is 15.3 Å². The Kier molecular flexibility index (Phi) is 5.29. The van der Waals surface area contributed by atoms with Gasteiger partial charge >= 0.3 is 0 Å². The molecule has 3 aromatic rings. The first-order chi connectivity index (χ1) is 15.3. The van der Waals surface area contributed by atoms with Gasteiger partial charge in [0.15, 0.2) is 0 Å². The van der Waals surface area contributed by atoms with Crippen molar-refractivity contribution < 1.29 is 22.2 Å². The number of amides is 1. The number of carbonyl (C=O) groups excluding carboxylic acids is 1. The van der Waals surface area contributed by atoms with Crippen LogP contribution in [0.3, 0.4) is 0 Å². The quantitative estimate of drug-likeness (QED) is 0.577. The third-order valence-electron chi connectivity index (χ3n) is 6.74. The van der Waals surface area contributed by atoms with E-state index in [2.05, 4.69) is 16.2 Å². The molecule has 3 aromatic heterocycles. The monoisotopic (exact) mass is 458 g/mol. The lowest BCUT2D eigenvalue weighted by Gasteiger charge is -2.42. The van der Waals surface area contributed by atoms with E-state index in [1.807, 2.05) is 12.3 Å². The van der Waals surface area contributed by atoms with Crippen LogP contribution in [-0.2, 0) is 21.2 Å². The van der Waals surface area contributed by atoms with Crippen molar-refractivity contribution in [3.05, 3.63) is 47.2 Å². The number of sulfonamides is 1. The minimum absolute atomic E-state index is 0.0910. The fraction of sp³-hybridized carbons (Fsp3) is 0.500. The van der Waals surface area contributed by atoms with Gasteiger partial charge in [0.05, 0.1) is 18.4 Å². The maximum Gasteiger partial charge on any atom is 0.227 e. The largest absolute Gasteiger partial charge is 0.446 e. The molecule has 0 unspecified atom stereocenters. The van der Waals surface area contributed by atoms with E-state index in [0.29, 0.717) is 30.3 Å². The second kappa shape index (κ2) is 8.00. The Labute approximate surface area is 186 Å².